The fourth-order valence-electron chi connectivity index (χ4n) is 2.45. The van der Waals surface area contributed by atoms with E-state index in [2.05, 4.69) is 11.9 Å². The van der Waals surface area contributed by atoms with Crippen LogP contribution in [0.1, 0.15) is 37.8 Å². The van der Waals surface area contributed by atoms with E-state index in [1.807, 2.05) is 13.8 Å². The molecule has 2 rings (SSSR count). The molecule has 1 saturated heterocycles. The summed E-state index contributed by atoms with van der Waals surface area (Å²) in [4.78, 5) is 1.78. The second kappa shape index (κ2) is 6.00. The van der Waals surface area contributed by atoms with Crippen LogP contribution in [0, 0.1) is 0 Å². The number of benzene rings is 1. The van der Waals surface area contributed by atoms with Crippen LogP contribution in [0.4, 0.5) is 24.5 Å². The van der Waals surface area contributed by atoms with Crippen LogP contribution in [0.3, 0.4) is 0 Å². The van der Waals surface area contributed by atoms with Gasteiger partial charge in [-0.3, -0.25) is 0 Å². The Bertz CT molecular complexity index is 531. The Labute approximate surface area is 123 Å². The monoisotopic (exact) mass is 298 g/mol. The van der Waals surface area contributed by atoms with E-state index in [1.54, 1.807) is 11.0 Å². The van der Waals surface area contributed by atoms with Crippen LogP contribution < -0.4 is 10.2 Å². The molecule has 2 nitrogen and oxygen atoms in total. The van der Waals surface area contributed by atoms with E-state index in [1.165, 1.54) is 6.07 Å². The number of hydrogen-bond acceptors (Lipinski definition) is 2. The van der Waals surface area contributed by atoms with E-state index < -0.39 is 11.7 Å². The van der Waals surface area contributed by atoms with Gasteiger partial charge in [0.2, 0.25) is 0 Å². The molecular weight excluding hydrogens is 277 g/mol. The van der Waals surface area contributed by atoms with Crippen molar-refractivity contribution in [2.24, 2.45) is 0 Å². The largest absolute Gasteiger partial charge is 0.418 e. The second-order valence-corrected chi connectivity index (χ2v) is 5.24. The zero-order valence-electron chi connectivity index (χ0n) is 12.5. The maximum Gasteiger partial charge on any atom is 0.418 e. The first kappa shape index (κ1) is 15.7. The molecule has 1 aliphatic heterocycles. The fraction of sp³-hybridized carbons (Fsp3) is 0.500. The van der Waals surface area contributed by atoms with Gasteiger partial charge in [0.25, 0.3) is 0 Å². The Morgan fingerprint density at radius 2 is 1.95 bits per heavy atom. The average Bonchev–Trinajstić information content (AvgIpc) is 2.36. The molecule has 1 aromatic rings. The van der Waals surface area contributed by atoms with Gasteiger partial charge in [0.1, 0.15) is 0 Å². The number of anilines is 2. The smallest absolute Gasteiger partial charge is 0.385 e. The van der Waals surface area contributed by atoms with E-state index in [-0.39, 0.29) is 5.69 Å². The minimum absolute atomic E-state index is 0.278. The number of alkyl halides is 3. The SMILES string of the molecule is C=C(CC)c1cc(N2CCC2)c(C(F)(F)F)cc1NCC. The number of rotatable bonds is 5. The fourth-order valence-corrected chi connectivity index (χ4v) is 2.45. The lowest BCUT2D eigenvalue weighted by Gasteiger charge is -2.36. The third-order valence-electron chi connectivity index (χ3n) is 3.81. The normalized spacial score (nSPS) is 14.8. The zero-order chi connectivity index (χ0) is 15.6. The summed E-state index contributed by atoms with van der Waals surface area (Å²) in [7, 11) is 0. The predicted molar refractivity (Wildman–Crippen MR) is 81.8 cm³/mol. The van der Waals surface area contributed by atoms with Crippen molar-refractivity contribution in [3.8, 4) is 0 Å². The Balaban J connectivity index is 2.58. The van der Waals surface area contributed by atoms with Gasteiger partial charge < -0.3 is 10.2 Å². The van der Waals surface area contributed by atoms with Crippen LogP contribution in [-0.2, 0) is 6.18 Å². The molecule has 1 heterocycles. The molecule has 0 atom stereocenters. The van der Waals surface area contributed by atoms with Gasteiger partial charge in [0.05, 0.1) is 5.56 Å². The number of halogens is 3. The topological polar surface area (TPSA) is 15.3 Å². The van der Waals surface area contributed by atoms with Crippen molar-refractivity contribution >= 4 is 16.9 Å². The highest BCUT2D eigenvalue weighted by Gasteiger charge is 2.37. The zero-order valence-corrected chi connectivity index (χ0v) is 12.5. The molecule has 0 saturated carbocycles. The van der Waals surface area contributed by atoms with Gasteiger partial charge in [0, 0.05) is 36.6 Å². The molecule has 0 aliphatic carbocycles. The summed E-state index contributed by atoms with van der Waals surface area (Å²) < 4.78 is 40.0. The molecule has 0 radical (unpaired) electrons. The van der Waals surface area contributed by atoms with Gasteiger partial charge in [-0.15, -0.1) is 0 Å². The van der Waals surface area contributed by atoms with Crippen LogP contribution >= 0.6 is 0 Å². The van der Waals surface area contributed by atoms with Crippen molar-refractivity contribution in [1.82, 2.24) is 0 Å². The maximum atomic E-state index is 13.3. The van der Waals surface area contributed by atoms with Crippen LogP contribution in [0.15, 0.2) is 18.7 Å². The number of nitrogens with one attached hydrogen (secondary N) is 1. The number of nitrogens with zero attached hydrogens (tertiary/aromatic N) is 1. The second-order valence-electron chi connectivity index (χ2n) is 5.24. The standard InChI is InChI=1S/C16H21F3N2/c1-4-11(3)12-9-15(21-7-6-8-21)13(16(17,18)19)10-14(12)20-5-2/h9-10,20H,3-8H2,1-2H3. The lowest BCUT2D eigenvalue weighted by molar-refractivity contribution is -0.137. The summed E-state index contributed by atoms with van der Waals surface area (Å²) in [6, 6.07) is 2.87. The number of allylic oxidation sites excluding steroid dienone is 1. The summed E-state index contributed by atoms with van der Waals surface area (Å²) in [5, 5.41) is 3.03. The average molecular weight is 298 g/mol. The molecule has 0 amide bonds. The lowest BCUT2D eigenvalue weighted by atomic mass is 9.97. The van der Waals surface area contributed by atoms with Crippen molar-refractivity contribution < 1.29 is 13.2 Å². The molecule has 0 spiro atoms. The molecule has 1 N–H and O–H groups in total. The first-order chi connectivity index (χ1) is 9.88. The summed E-state index contributed by atoms with van der Waals surface area (Å²) in [6.07, 6.45) is -2.69. The van der Waals surface area contributed by atoms with E-state index >= 15 is 0 Å². The molecule has 21 heavy (non-hydrogen) atoms. The number of hydrogen-bond donors (Lipinski definition) is 1. The van der Waals surface area contributed by atoms with Gasteiger partial charge in [-0.2, -0.15) is 13.2 Å². The first-order valence-electron chi connectivity index (χ1n) is 7.30. The van der Waals surface area contributed by atoms with E-state index in [0.29, 0.717) is 31.7 Å². The lowest BCUT2D eigenvalue weighted by Crippen LogP contribution is -2.38. The third-order valence-corrected chi connectivity index (χ3v) is 3.81. The van der Waals surface area contributed by atoms with Crippen molar-refractivity contribution in [2.45, 2.75) is 32.9 Å². The van der Waals surface area contributed by atoms with Gasteiger partial charge in [0.15, 0.2) is 0 Å². The van der Waals surface area contributed by atoms with E-state index in [4.69, 9.17) is 0 Å². The summed E-state index contributed by atoms with van der Waals surface area (Å²) >= 11 is 0. The van der Waals surface area contributed by atoms with Crippen LogP contribution in [0.25, 0.3) is 5.57 Å². The summed E-state index contributed by atoms with van der Waals surface area (Å²) in [6.45, 7) is 9.75. The molecule has 0 unspecified atom stereocenters. The minimum atomic E-state index is -4.35. The van der Waals surface area contributed by atoms with Crippen LogP contribution in [-0.4, -0.2) is 19.6 Å². The van der Waals surface area contributed by atoms with Gasteiger partial charge >= 0.3 is 6.18 Å². The van der Waals surface area contributed by atoms with Crippen LogP contribution in [0.5, 0.6) is 0 Å². The molecule has 5 heteroatoms. The van der Waals surface area contributed by atoms with Crippen molar-refractivity contribution in [2.75, 3.05) is 29.9 Å². The highest BCUT2D eigenvalue weighted by atomic mass is 19.4. The Hall–Kier alpha value is -1.65. The Morgan fingerprint density at radius 1 is 1.29 bits per heavy atom. The van der Waals surface area contributed by atoms with E-state index in [0.717, 1.165) is 17.6 Å². The quantitative estimate of drug-likeness (QED) is 0.842. The first-order valence-corrected chi connectivity index (χ1v) is 7.30. The minimum Gasteiger partial charge on any atom is -0.385 e. The summed E-state index contributed by atoms with van der Waals surface area (Å²) in [5.41, 5.74) is 1.86. The highest BCUT2D eigenvalue weighted by Crippen LogP contribution is 2.42. The van der Waals surface area contributed by atoms with Gasteiger partial charge in [-0.25, -0.2) is 0 Å². The Kier molecular flexibility index (Phi) is 4.49. The highest BCUT2D eigenvalue weighted by molar-refractivity contribution is 5.80. The molecule has 1 aromatic carbocycles. The predicted octanol–water partition coefficient (Wildman–Crippen LogP) is 4.77. The molecule has 1 aliphatic rings. The summed E-state index contributed by atoms with van der Waals surface area (Å²) in [5.74, 6) is 0. The molecule has 0 aromatic heterocycles. The molecule has 116 valence electrons. The third kappa shape index (κ3) is 3.17. The van der Waals surface area contributed by atoms with Crippen molar-refractivity contribution in [3.63, 3.8) is 0 Å². The van der Waals surface area contributed by atoms with Crippen molar-refractivity contribution in [3.05, 3.63) is 29.8 Å². The Morgan fingerprint density at radius 3 is 2.38 bits per heavy atom. The molecule has 1 fully saturated rings. The van der Waals surface area contributed by atoms with Crippen molar-refractivity contribution in [1.29, 1.82) is 0 Å². The molecule has 0 bridgehead atoms. The van der Waals surface area contributed by atoms with Gasteiger partial charge in [-0.1, -0.05) is 13.5 Å². The van der Waals surface area contributed by atoms with Crippen LogP contribution in [0.2, 0.25) is 0 Å². The van der Waals surface area contributed by atoms with E-state index in [9.17, 15) is 13.2 Å². The maximum absolute atomic E-state index is 13.3. The van der Waals surface area contributed by atoms with Gasteiger partial charge in [-0.05, 0) is 37.5 Å². The molecular formula is C16H21F3N2.